The lowest BCUT2D eigenvalue weighted by Crippen LogP contribution is -2.31. The Morgan fingerprint density at radius 2 is 1.76 bits per heavy atom. The summed E-state index contributed by atoms with van der Waals surface area (Å²) in [5.41, 5.74) is 2.19. The summed E-state index contributed by atoms with van der Waals surface area (Å²) in [4.78, 5) is 0.227. The second-order valence-corrected chi connectivity index (χ2v) is 8.04. The Labute approximate surface area is 149 Å². The first kappa shape index (κ1) is 17.8. The van der Waals surface area contributed by atoms with Crippen LogP contribution in [0.1, 0.15) is 30.0 Å². The van der Waals surface area contributed by atoms with Gasteiger partial charge in [0, 0.05) is 12.6 Å². The van der Waals surface area contributed by atoms with Crippen LogP contribution in [0, 0.1) is 6.92 Å². The van der Waals surface area contributed by atoms with Crippen molar-refractivity contribution in [2.75, 3.05) is 20.8 Å². The predicted octanol–water partition coefficient (Wildman–Crippen LogP) is 3.54. The van der Waals surface area contributed by atoms with Crippen LogP contribution in [0.4, 0.5) is 0 Å². The summed E-state index contributed by atoms with van der Waals surface area (Å²) >= 11 is 0. The number of hydrogen-bond donors (Lipinski definition) is 0. The quantitative estimate of drug-likeness (QED) is 0.817. The number of ether oxygens (including phenoxy) is 2. The minimum atomic E-state index is -3.61. The van der Waals surface area contributed by atoms with Crippen molar-refractivity contribution >= 4 is 10.0 Å². The molecule has 5 nitrogen and oxygen atoms in total. The summed E-state index contributed by atoms with van der Waals surface area (Å²) < 4.78 is 38.5. The molecule has 0 bridgehead atoms. The Hall–Kier alpha value is -2.05. The molecule has 0 spiro atoms. The van der Waals surface area contributed by atoms with Gasteiger partial charge in [0.1, 0.15) is 0 Å². The van der Waals surface area contributed by atoms with Crippen LogP contribution < -0.4 is 9.47 Å². The standard InChI is InChI=1S/C19H23NO4S/c1-14-7-4-5-8-16(14)17-9-6-12-20(17)25(21,22)15-10-11-18(23-2)19(13-15)24-3/h4-5,7-8,10-11,13,17H,6,9,12H2,1-3H3/t17-/m0/s1. The van der Waals surface area contributed by atoms with Gasteiger partial charge in [0.05, 0.1) is 25.2 Å². The highest BCUT2D eigenvalue weighted by Gasteiger charge is 2.37. The van der Waals surface area contributed by atoms with Crippen molar-refractivity contribution in [3.63, 3.8) is 0 Å². The van der Waals surface area contributed by atoms with Gasteiger partial charge in [0.25, 0.3) is 0 Å². The maximum absolute atomic E-state index is 13.2. The minimum absolute atomic E-state index is 0.126. The lowest BCUT2D eigenvalue weighted by Gasteiger charge is -2.26. The first-order valence-corrected chi connectivity index (χ1v) is 9.72. The van der Waals surface area contributed by atoms with Crippen molar-refractivity contribution in [3.05, 3.63) is 53.6 Å². The van der Waals surface area contributed by atoms with E-state index in [2.05, 4.69) is 0 Å². The van der Waals surface area contributed by atoms with E-state index in [1.54, 1.807) is 16.4 Å². The van der Waals surface area contributed by atoms with Gasteiger partial charge in [-0.25, -0.2) is 8.42 Å². The molecular formula is C19H23NO4S. The van der Waals surface area contributed by atoms with Crippen LogP contribution in [0.15, 0.2) is 47.4 Å². The monoisotopic (exact) mass is 361 g/mol. The van der Waals surface area contributed by atoms with Gasteiger partial charge in [-0.15, -0.1) is 0 Å². The molecule has 0 aliphatic carbocycles. The molecule has 1 fully saturated rings. The molecule has 2 aromatic carbocycles. The first-order valence-electron chi connectivity index (χ1n) is 8.28. The summed E-state index contributed by atoms with van der Waals surface area (Å²) in [6, 6.07) is 12.6. The number of nitrogens with zero attached hydrogens (tertiary/aromatic N) is 1. The van der Waals surface area contributed by atoms with Crippen molar-refractivity contribution in [2.24, 2.45) is 0 Å². The number of rotatable bonds is 5. The van der Waals surface area contributed by atoms with Gasteiger partial charge in [0.15, 0.2) is 11.5 Å². The van der Waals surface area contributed by atoms with Gasteiger partial charge in [-0.3, -0.25) is 0 Å². The zero-order valence-electron chi connectivity index (χ0n) is 14.7. The molecule has 1 atom stereocenters. The second kappa shape index (κ2) is 7.06. The van der Waals surface area contributed by atoms with Crippen molar-refractivity contribution < 1.29 is 17.9 Å². The molecule has 2 aromatic rings. The van der Waals surface area contributed by atoms with Crippen molar-refractivity contribution in [2.45, 2.75) is 30.7 Å². The lowest BCUT2D eigenvalue weighted by atomic mass is 10.0. The molecule has 1 saturated heterocycles. The molecule has 0 radical (unpaired) electrons. The van der Waals surface area contributed by atoms with Gasteiger partial charge in [0.2, 0.25) is 10.0 Å². The number of benzene rings is 2. The Morgan fingerprint density at radius 3 is 2.44 bits per heavy atom. The van der Waals surface area contributed by atoms with Crippen LogP contribution in [-0.4, -0.2) is 33.5 Å². The molecule has 0 amide bonds. The summed E-state index contributed by atoms with van der Waals surface area (Å²) in [6.45, 7) is 2.55. The molecule has 0 unspecified atom stereocenters. The van der Waals surface area contributed by atoms with Gasteiger partial charge in [-0.2, -0.15) is 4.31 Å². The van der Waals surface area contributed by atoms with E-state index in [0.717, 1.165) is 24.0 Å². The Bertz CT molecular complexity index is 863. The molecule has 6 heteroatoms. The Balaban J connectivity index is 2.00. The van der Waals surface area contributed by atoms with E-state index in [1.807, 2.05) is 31.2 Å². The highest BCUT2D eigenvalue weighted by atomic mass is 32.2. The third-order valence-corrected chi connectivity index (χ3v) is 6.62. The summed E-state index contributed by atoms with van der Waals surface area (Å²) in [5.74, 6) is 0.925. The molecule has 1 aliphatic heterocycles. The zero-order valence-corrected chi connectivity index (χ0v) is 15.5. The maximum atomic E-state index is 13.2. The SMILES string of the molecule is COc1ccc(S(=O)(=O)N2CCC[C@H]2c2ccccc2C)cc1OC. The predicted molar refractivity (Wildman–Crippen MR) is 96.6 cm³/mol. The van der Waals surface area contributed by atoms with Crippen LogP contribution in [0.5, 0.6) is 11.5 Å². The lowest BCUT2D eigenvalue weighted by molar-refractivity contribution is 0.353. The van der Waals surface area contributed by atoms with Crippen molar-refractivity contribution in [3.8, 4) is 11.5 Å². The van der Waals surface area contributed by atoms with Gasteiger partial charge in [-0.1, -0.05) is 24.3 Å². The second-order valence-electron chi connectivity index (χ2n) is 6.15. The maximum Gasteiger partial charge on any atom is 0.243 e. The zero-order chi connectivity index (χ0) is 18.0. The number of aryl methyl sites for hydroxylation is 1. The van der Waals surface area contributed by atoms with Crippen LogP contribution in [0.2, 0.25) is 0 Å². The van der Waals surface area contributed by atoms with E-state index in [0.29, 0.717) is 18.0 Å². The summed E-state index contributed by atoms with van der Waals surface area (Å²) in [6.07, 6.45) is 1.68. The number of hydrogen-bond acceptors (Lipinski definition) is 4. The van der Waals surface area contributed by atoms with Crippen LogP contribution in [-0.2, 0) is 10.0 Å². The average Bonchev–Trinajstić information content (AvgIpc) is 3.11. The van der Waals surface area contributed by atoms with E-state index < -0.39 is 10.0 Å². The highest BCUT2D eigenvalue weighted by Crippen LogP contribution is 2.39. The summed E-state index contributed by atoms with van der Waals surface area (Å²) in [7, 11) is -0.584. The molecule has 0 saturated carbocycles. The Kier molecular flexibility index (Phi) is 5.01. The summed E-state index contributed by atoms with van der Waals surface area (Å²) in [5, 5.41) is 0. The van der Waals surface area contributed by atoms with Crippen LogP contribution in [0.25, 0.3) is 0 Å². The molecule has 0 aromatic heterocycles. The molecule has 25 heavy (non-hydrogen) atoms. The number of methoxy groups -OCH3 is 2. The fourth-order valence-electron chi connectivity index (χ4n) is 3.41. The van der Waals surface area contributed by atoms with E-state index >= 15 is 0 Å². The molecule has 1 aliphatic rings. The molecule has 0 N–H and O–H groups in total. The highest BCUT2D eigenvalue weighted by molar-refractivity contribution is 7.89. The van der Waals surface area contributed by atoms with Crippen LogP contribution >= 0.6 is 0 Å². The molecule has 3 rings (SSSR count). The van der Waals surface area contributed by atoms with E-state index in [1.165, 1.54) is 20.3 Å². The molecule has 134 valence electrons. The van der Waals surface area contributed by atoms with Crippen LogP contribution in [0.3, 0.4) is 0 Å². The van der Waals surface area contributed by atoms with Gasteiger partial charge in [-0.05, 0) is 43.0 Å². The molecule has 1 heterocycles. The van der Waals surface area contributed by atoms with E-state index in [-0.39, 0.29) is 10.9 Å². The fraction of sp³-hybridized carbons (Fsp3) is 0.368. The van der Waals surface area contributed by atoms with Gasteiger partial charge < -0.3 is 9.47 Å². The molecular weight excluding hydrogens is 338 g/mol. The van der Waals surface area contributed by atoms with E-state index in [9.17, 15) is 8.42 Å². The first-order chi connectivity index (χ1) is 12.0. The minimum Gasteiger partial charge on any atom is -0.493 e. The van der Waals surface area contributed by atoms with E-state index in [4.69, 9.17) is 9.47 Å². The third kappa shape index (κ3) is 3.24. The Morgan fingerprint density at radius 1 is 1.04 bits per heavy atom. The fourth-order valence-corrected chi connectivity index (χ4v) is 5.10. The van der Waals surface area contributed by atoms with Crippen molar-refractivity contribution in [1.29, 1.82) is 0 Å². The third-order valence-electron chi connectivity index (χ3n) is 4.71. The van der Waals surface area contributed by atoms with Crippen molar-refractivity contribution in [1.82, 2.24) is 4.31 Å². The normalized spacial score (nSPS) is 18.3. The largest absolute Gasteiger partial charge is 0.493 e. The average molecular weight is 361 g/mol. The topological polar surface area (TPSA) is 55.8 Å². The smallest absolute Gasteiger partial charge is 0.243 e. The number of sulfonamides is 1. The van der Waals surface area contributed by atoms with Gasteiger partial charge >= 0.3 is 0 Å².